The van der Waals surface area contributed by atoms with Gasteiger partial charge in [-0.1, -0.05) is 48.5 Å². The molecular weight excluding hydrogens is 416 g/mol. The summed E-state index contributed by atoms with van der Waals surface area (Å²) in [7, 11) is 0. The summed E-state index contributed by atoms with van der Waals surface area (Å²) in [6.07, 6.45) is 3.99. The van der Waals surface area contributed by atoms with Crippen molar-refractivity contribution in [1.29, 1.82) is 0 Å². The van der Waals surface area contributed by atoms with Crippen molar-refractivity contribution < 1.29 is 14.3 Å². The van der Waals surface area contributed by atoms with Crippen molar-refractivity contribution in [2.24, 2.45) is 0 Å². The van der Waals surface area contributed by atoms with Gasteiger partial charge in [0.05, 0.1) is 12.2 Å². The molecule has 0 unspecified atom stereocenters. The van der Waals surface area contributed by atoms with Gasteiger partial charge in [0.25, 0.3) is 0 Å². The van der Waals surface area contributed by atoms with E-state index in [1.165, 1.54) is 18.5 Å². The van der Waals surface area contributed by atoms with Crippen molar-refractivity contribution in [1.82, 2.24) is 14.9 Å². The van der Waals surface area contributed by atoms with Crippen LogP contribution in [0.1, 0.15) is 41.2 Å². The zero-order chi connectivity index (χ0) is 22.4. The highest BCUT2D eigenvalue weighted by Crippen LogP contribution is 2.48. The number of rotatable bonds is 4. The second-order valence-corrected chi connectivity index (χ2v) is 9.20. The number of hydrogen-bond donors (Lipinski definition) is 1. The van der Waals surface area contributed by atoms with Crippen LogP contribution in [-0.2, 0) is 40.9 Å². The van der Waals surface area contributed by atoms with Crippen LogP contribution in [0.5, 0.6) is 0 Å². The first-order valence-electron chi connectivity index (χ1n) is 11.6. The standard InChI is InChI=1S/C26H26N4O3/c31-24-26(16-29(17-26)25(32)33-15-18-8-2-1-3-9-18)19-10-4-7-13-22(19)30(24)14-23-27-20-11-5-6-12-21(20)28-23/h1-4,7-10,13H,5-6,11-12,14-17H2,(H,27,28). The molecule has 6 rings (SSSR count). The highest BCUT2D eigenvalue weighted by Gasteiger charge is 2.59. The van der Waals surface area contributed by atoms with Crippen LogP contribution in [0.15, 0.2) is 54.6 Å². The Kier molecular flexibility index (Phi) is 4.71. The number of aromatic amines is 1. The number of carbonyl (C=O) groups excluding carboxylic acids is 2. The van der Waals surface area contributed by atoms with Gasteiger partial charge in [-0.2, -0.15) is 0 Å². The molecule has 1 fully saturated rings. The highest BCUT2D eigenvalue weighted by atomic mass is 16.6. The van der Waals surface area contributed by atoms with Crippen LogP contribution in [0.3, 0.4) is 0 Å². The molecule has 2 amide bonds. The number of amides is 2. The molecule has 168 valence electrons. The van der Waals surface area contributed by atoms with E-state index in [4.69, 9.17) is 9.72 Å². The maximum atomic E-state index is 13.7. The topological polar surface area (TPSA) is 78.5 Å². The fourth-order valence-corrected chi connectivity index (χ4v) is 5.34. The Bertz CT molecular complexity index is 1190. The Hall–Kier alpha value is -3.61. The number of aromatic nitrogens is 2. The lowest BCUT2D eigenvalue weighted by molar-refractivity contribution is -0.128. The number of para-hydroxylation sites is 1. The maximum absolute atomic E-state index is 13.7. The van der Waals surface area contributed by atoms with Gasteiger partial charge in [0, 0.05) is 24.5 Å². The summed E-state index contributed by atoms with van der Waals surface area (Å²) in [6.45, 7) is 1.31. The molecule has 1 N–H and O–H groups in total. The number of aryl methyl sites for hydroxylation is 2. The molecule has 0 bridgehead atoms. The number of nitrogens with zero attached hydrogens (tertiary/aromatic N) is 3. The van der Waals surface area contributed by atoms with E-state index < -0.39 is 5.41 Å². The van der Waals surface area contributed by atoms with Crippen LogP contribution in [0.25, 0.3) is 0 Å². The Labute approximate surface area is 192 Å². The lowest BCUT2D eigenvalue weighted by atomic mass is 9.75. The minimum atomic E-state index is -0.700. The Morgan fingerprint density at radius 2 is 1.79 bits per heavy atom. The van der Waals surface area contributed by atoms with Gasteiger partial charge in [0.2, 0.25) is 5.91 Å². The van der Waals surface area contributed by atoms with Crippen molar-refractivity contribution in [2.75, 3.05) is 18.0 Å². The summed E-state index contributed by atoms with van der Waals surface area (Å²) in [4.78, 5) is 37.9. The third-order valence-corrected chi connectivity index (χ3v) is 7.06. The Morgan fingerprint density at radius 1 is 1.03 bits per heavy atom. The number of likely N-dealkylation sites (tertiary alicyclic amines) is 1. The number of imidazole rings is 1. The second-order valence-electron chi connectivity index (χ2n) is 9.20. The number of nitrogens with one attached hydrogen (secondary N) is 1. The quantitative estimate of drug-likeness (QED) is 0.668. The molecule has 0 atom stereocenters. The largest absolute Gasteiger partial charge is 0.445 e. The summed E-state index contributed by atoms with van der Waals surface area (Å²) in [5, 5.41) is 0. The zero-order valence-electron chi connectivity index (χ0n) is 18.4. The molecule has 33 heavy (non-hydrogen) atoms. The SMILES string of the molecule is O=C(OCc1ccccc1)N1CC2(C1)C(=O)N(Cc1nc3c([nH]1)CCCC3)c1ccccc12. The summed E-state index contributed by atoms with van der Waals surface area (Å²) >= 11 is 0. The first kappa shape index (κ1) is 20.0. The van der Waals surface area contributed by atoms with Crippen LogP contribution in [0.2, 0.25) is 0 Å². The summed E-state index contributed by atoms with van der Waals surface area (Å²) < 4.78 is 5.47. The molecule has 1 saturated heterocycles. The smallest absolute Gasteiger partial charge is 0.410 e. The van der Waals surface area contributed by atoms with Crippen LogP contribution in [-0.4, -0.2) is 40.0 Å². The van der Waals surface area contributed by atoms with Crippen molar-refractivity contribution in [3.63, 3.8) is 0 Å². The molecule has 2 aromatic carbocycles. The molecule has 3 aromatic rings. The molecular formula is C26H26N4O3. The van der Waals surface area contributed by atoms with Gasteiger partial charge in [-0.05, 0) is 42.9 Å². The van der Waals surface area contributed by atoms with E-state index in [-0.39, 0.29) is 18.6 Å². The fraction of sp³-hybridized carbons (Fsp3) is 0.346. The molecule has 0 radical (unpaired) electrons. The predicted octanol–water partition coefficient (Wildman–Crippen LogP) is 3.73. The van der Waals surface area contributed by atoms with Crippen LogP contribution in [0.4, 0.5) is 10.5 Å². The van der Waals surface area contributed by atoms with Crippen molar-refractivity contribution >= 4 is 17.7 Å². The summed E-state index contributed by atoms with van der Waals surface area (Å²) in [5.74, 6) is 0.866. The molecule has 2 aliphatic heterocycles. The number of fused-ring (bicyclic) bond motifs is 3. The molecule has 1 aromatic heterocycles. The van der Waals surface area contributed by atoms with Crippen LogP contribution < -0.4 is 4.90 Å². The molecule has 0 saturated carbocycles. The van der Waals surface area contributed by atoms with E-state index in [0.29, 0.717) is 19.6 Å². The average molecular weight is 443 g/mol. The van der Waals surface area contributed by atoms with Crippen molar-refractivity contribution in [2.45, 2.75) is 44.2 Å². The lowest BCUT2D eigenvalue weighted by Crippen LogP contribution is -2.65. The molecule has 3 heterocycles. The van der Waals surface area contributed by atoms with Gasteiger partial charge in [-0.3, -0.25) is 4.79 Å². The van der Waals surface area contributed by atoms with E-state index >= 15 is 0 Å². The Morgan fingerprint density at radius 3 is 2.61 bits per heavy atom. The summed E-state index contributed by atoms with van der Waals surface area (Å²) in [6, 6.07) is 17.5. The fourth-order valence-electron chi connectivity index (χ4n) is 5.34. The number of carbonyl (C=O) groups is 2. The van der Waals surface area contributed by atoms with Gasteiger partial charge < -0.3 is 19.5 Å². The third kappa shape index (κ3) is 3.30. The minimum Gasteiger partial charge on any atom is -0.445 e. The normalized spacial score (nSPS) is 18.1. The molecule has 7 heteroatoms. The van der Waals surface area contributed by atoms with Crippen molar-refractivity contribution in [3.05, 3.63) is 82.9 Å². The van der Waals surface area contributed by atoms with Gasteiger partial charge in [0.1, 0.15) is 17.8 Å². The Balaban J connectivity index is 1.18. The van der Waals surface area contributed by atoms with Crippen molar-refractivity contribution in [3.8, 4) is 0 Å². The number of H-pyrrole nitrogens is 1. The molecule has 1 aliphatic carbocycles. The van der Waals surface area contributed by atoms with Crippen LogP contribution in [0, 0.1) is 0 Å². The molecule has 1 spiro atoms. The van der Waals surface area contributed by atoms with Gasteiger partial charge in [-0.15, -0.1) is 0 Å². The van der Waals surface area contributed by atoms with Gasteiger partial charge in [-0.25, -0.2) is 9.78 Å². The molecule has 3 aliphatic rings. The zero-order valence-corrected chi connectivity index (χ0v) is 18.4. The average Bonchev–Trinajstić information content (AvgIpc) is 3.34. The lowest BCUT2D eigenvalue weighted by Gasteiger charge is -2.45. The monoisotopic (exact) mass is 442 g/mol. The van der Waals surface area contributed by atoms with Crippen LogP contribution >= 0.6 is 0 Å². The van der Waals surface area contributed by atoms with E-state index in [1.54, 1.807) is 4.90 Å². The minimum absolute atomic E-state index is 0.0326. The first-order valence-corrected chi connectivity index (χ1v) is 11.6. The van der Waals surface area contributed by atoms with E-state index in [9.17, 15) is 9.59 Å². The first-order chi connectivity index (χ1) is 16.1. The van der Waals surface area contributed by atoms with Gasteiger partial charge >= 0.3 is 6.09 Å². The third-order valence-electron chi connectivity index (χ3n) is 7.06. The van der Waals surface area contributed by atoms with Gasteiger partial charge in [0.15, 0.2) is 0 Å². The number of anilines is 1. The number of ether oxygens (including phenoxy) is 1. The number of benzene rings is 2. The second kappa shape index (κ2) is 7.76. The van der Waals surface area contributed by atoms with E-state index in [1.807, 2.05) is 59.5 Å². The highest BCUT2D eigenvalue weighted by molar-refractivity contribution is 6.09. The summed E-state index contributed by atoms with van der Waals surface area (Å²) in [5.41, 5.74) is 4.49. The maximum Gasteiger partial charge on any atom is 0.410 e. The number of hydrogen-bond acceptors (Lipinski definition) is 4. The van der Waals surface area contributed by atoms with E-state index in [2.05, 4.69) is 4.98 Å². The predicted molar refractivity (Wildman–Crippen MR) is 123 cm³/mol. The molecule has 7 nitrogen and oxygen atoms in total. The van der Waals surface area contributed by atoms with E-state index in [0.717, 1.165) is 41.2 Å².